The Morgan fingerprint density at radius 2 is 1.81 bits per heavy atom. The largest absolute Gasteiger partial charge is 0.366 e. The summed E-state index contributed by atoms with van der Waals surface area (Å²) in [5.74, 6) is -0.758. The number of nitrogens with two attached hydrogens (primary N) is 1. The fourth-order valence-electron chi connectivity index (χ4n) is 2.03. The summed E-state index contributed by atoms with van der Waals surface area (Å²) in [4.78, 5) is 23.6. The highest BCUT2D eigenvalue weighted by molar-refractivity contribution is 9.10. The van der Waals surface area contributed by atoms with Crippen molar-refractivity contribution in [2.24, 2.45) is 5.73 Å². The van der Waals surface area contributed by atoms with E-state index in [9.17, 15) is 9.59 Å². The molecular weight excluding hydrogens is 332 g/mol. The minimum atomic E-state index is -0.514. The van der Waals surface area contributed by atoms with E-state index >= 15 is 0 Å². The van der Waals surface area contributed by atoms with Crippen molar-refractivity contribution in [1.29, 1.82) is 0 Å². The van der Waals surface area contributed by atoms with Gasteiger partial charge in [0.05, 0.1) is 5.56 Å². The van der Waals surface area contributed by atoms with E-state index < -0.39 is 5.91 Å². The van der Waals surface area contributed by atoms with Gasteiger partial charge in [-0.15, -0.1) is 0 Å². The highest BCUT2D eigenvalue weighted by atomic mass is 79.9. The third-order valence-electron chi connectivity index (χ3n) is 3.22. The molecule has 0 saturated carbocycles. The van der Waals surface area contributed by atoms with Crippen LogP contribution in [0.4, 0.5) is 5.69 Å². The number of benzene rings is 2. The molecule has 0 bridgehead atoms. The maximum atomic E-state index is 12.3. The molecule has 108 valence electrons. The first-order valence-electron chi connectivity index (χ1n) is 6.37. The summed E-state index contributed by atoms with van der Waals surface area (Å²) < 4.78 is 0.726. The fraction of sp³-hybridized carbons (Fsp3) is 0.125. The second-order valence-corrected chi connectivity index (χ2v) is 5.63. The zero-order valence-corrected chi connectivity index (χ0v) is 13.3. The minimum absolute atomic E-state index is 0.244. The van der Waals surface area contributed by atoms with Crippen LogP contribution in [0, 0.1) is 13.8 Å². The number of rotatable bonds is 3. The van der Waals surface area contributed by atoms with Gasteiger partial charge in [0.1, 0.15) is 0 Å². The molecule has 5 heteroatoms. The number of carbonyl (C=O) groups excluding carboxylic acids is 2. The number of carbonyl (C=O) groups is 2. The van der Waals surface area contributed by atoms with E-state index in [1.54, 1.807) is 31.2 Å². The average molecular weight is 347 g/mol. The summed E-state index contributed by atoms with van der Waals surface area (Å²) in [6.45, 7) is 3.70. The number of aryl methyl sites for hydroxylation is 1. The van der Waals surface area contributed by atoms with Gasteiger partial charge >= 0.3 is 0 Å². The number of hydrogen-bond donors (Lipinski definition) is 2. The second kappa shape index (κ2) is 6.10. The molecule has 2 amide bonds. The van der Waals surface area contributed by atoms with Crippen LogP contribution in [0.3, 0.4) is 0 Å². The van der Waals surface area contributed by atoms with Crippen LogP contribution >= 0.6 is 15.9 Å². The zero-order valence-electron chi connectivity index (χ0n) is 11.7. The molecule has 3 N–H and O–H groups in total. The van der Waals surface area contributed by atoms with Crippen LogP contribution in [0.1, 0.15) is 31.8 Å². The van der Waals surface area contributed by atoms with Crippen molar-refractivity contribution < 1.29 is 9.59 Å². The van der Waals surface area contributed by atoms with Crippen LogP contribution < -0.4 is 11.1 Å². The van der Waals surface area contributed by atoms with E-state index in [-0.39, 0.29) is 5.91 Å². The van der Waals surface area contributed by atoms with Gasteiger partial charge in [-0.25, -0.2) is 0 Å². The van der Waals surface area contributed by atoms with Crippen molar-refractivity contribution in [2.45, 2.75) is 13.8 Å². The first-order valence-corrected chi connectivity index (χ1v) is 7.16. The summed E-state index contributed by atoms with van der Waals surface area (Å²) in [6, 6.07) is 10.6. The van der Waals surface area contributed by atoms with Gasteiger partial charge < -0.3 is 11.1 Å². The maximum Gasteiger partial charge on any atom is 0.256 e. The van der Waals surface area contributed by atoms with Gasteiger partial charge in [0, 0.05) is 15.7 Å². The first-order chi connectivity index (χ1) is 9.90. The van der Waals surface area contributed by atoms with Gasteiger partial charge in [-0.1, -0.05) is 12.1 Å². The van der Waals surface area contributed by atoms with Gasteiger partial charge in [0.2, 0.25) is 5.91 Å². The third kappa shape index (κ3) is 3.31. The maximum absolute atomic E-state index is 12.3. The van der Waals surface area contributed by atoms with E-state index in [1.165, 1.54) is 0 Å². The normalized spacial score (nSPS) is 10.2. The lowest BCUT2D eigenvalue weighted by molar-refractivity contribution is 0.0995. The van der Waals surface area contributed by atoms with E-state index in [2.05, 4.69) is 21.2 Å². The molecule has 21 heavy (non-hydrogen) atoms. The van der Waals surface area contributed by atoms with Gasteiger partial charge in [-0.3, -0.25) is 9.59 Å². The van der Waals surface area contributed by atoms with E-state index in [4.69, 9.17) is 5.73 Å². The summed E-state index contributed by atoms with van der Waals surface area (Å²) >= 11 is 3.38. The van der Waals surface area contributed by atoms with E-state index in [0.717, 1.165) is 10.0 Å². The van der Waals surface area contributed by atoms with Crippen LogP contribution in [0.25, 0.3) is 0 Å². The molecular formula is C16H15BrN2O2. The van der Waals surface area contributed by atoms with E-state index in [1.807, 2.05) is 19.1 Å². The van der Waals surface area contributed by atoms with Crippen LogP contribution in [-0.2, 0) is 0 Å². The molecule has 0 atom stereocenters. The van der Waals surface area contributed by atoms with Crippen LogP contribution in [0.15, 0.2) is 40.9 Å². The molecule has 0 saturated heterocycles. The molecule has 0 aliphatic heterocycles. The van der Waals surface area contributed by atoms with Gasteiger partial charge in [0.25, 0.3) is 5.91 Å². The SMILES string of the molecule is Cc1ccc(C(=O)Nc2cccc(C(N)=O)c2C)c(Br)c1. The lowest BCUT2D eigenvalue weighted by Crippen LogP contribution is -2.17. The highest BCUT2D eigenvalue weighted by Crippen LogP contribution is 2.22. The van der Waals surface area contributed by atoms with E-state index in [0.29, 0.717) is 22.4 Å². The first kappa shape index (κ1) is 15.3. The van der Waals surface area contributed by atoms with Crippen molar-refractivity contribution in [3.8, 4) is 0 Å². The molecule has 0 heterocycles. The van der Waals surface area contributed by atoms with Crippen molar-refractivity contribution >= 4 is 33.4 Å². The van der Waals surface area contributed by atoms with Gasteiger partial charge in [-0.2, -0.15) is 0 Å². The molecule has 2 aromatic carbocycles. The Kier molecular flexibility index (Phi) is 4.43. The number of nitrogens with one attached hydrogen (secondary N) is 1. The Balaban J connectivity index is 2.32. The molecule has 2 aromatic rings. The highest BCUT2D eigenvalue weighted by Gasteiger charge is 2.14. The molecule has 0 unspecified atom stereocenters. The van der Waals surface area contributed by atoms with Crippen LogP contribution in [0.2, 0.25) is 0 Å². The molecule has 0 aliphatic carbocycles. The molecule has 4 nitrogen and oxygen atoms in total. The summed E-state index contributed by atoms with van der Waals surface area (Å²) in [6.07, 6.45) is 0. The lowest BCUT2D eigenvalue weighted by atomic mass is 10.1. The second-order valence-electron chi connectivity index (χ2n) is 4.78. The smallest absolute Gasteiger partial charge is 0.256 e. The Hall–Kier alpha value is -2.14. The predicted octanol–water partition coefficient (Wildman–Crippen LogP) is 3.42. The van der Waals surface area contributed by atoms with Gasteiger partial charge in [0.15, 0.2) is 0 Å². The van der Waals surface area contributed by atoms with Crippen molar-refractivity contribution in [2.75, 3.05) is 5.32 Å². The molecule has 0 spiro atoms. The average Bonchev–Trinajstić information content (AvgIpc) is 2.40. The summed E-state index contributed by atoms with van der Waals surface area (Å²) in [7, 11) is 0. The number of halogens is 1. The van der Waals surface area contributed by atoms with Gasteiger partial charge in [-0.05, 0) is 65.2 Å². The summed E-state index contributed by atoms with van der Waals surface area (Å²) in [5, 5.41) is 2.81. The Morgan fingerprint density at radius 3 is 2.43 bits per heavy atom. The Labute approximate surface area is 131 Å². The fourth-order valence-corrected chi connectivity index (χ4v) is 2.71. The topological polar surface area (TPSA) is 72.2 Å². The van der Waals surface area contributed by atoms with Crippen molar-refractivity contribution in [1.82, 2.24) is 0 Å². The van der Waals surface area contributed by atoms with Crippen LogP contribution in [0.5, 0.6) is 0 Å². The molecule has 2 rings (SSSR count). The Morgan fingerprint density at radius 1 is 1.10 bits per heavy atom. The zero-order chi connectivity index (χ0) is 15.6. The monoisotopic (exact) mass is 346 g/mol. The molecule has 0 aliphatic rings. The third-order valence-corrected chi connectivity index (χ3v) is 3.87. The number of hydrogen-bond acceptors (Lipinski definition) is 2. The minimum Gasteiger partial charge on any atom is -0.366 e. The standard InChI is InChI=1S/C16H15BrN2O2/c1-9-6-7-12(13(17)8-9)16(21)19-14-5-3-4-11(10(14)2)15(18)20/h3-8H,1-2H3,(H2,18,20)(H,19,21). The van der Waals surface area contributed by atoms with Crippen molar-refractivity contribution in [3.05, 3.63) is 63.1 Å². The molecule has 0 radical (unpaired) electrons. The van der Waals surface area contributed by atoms with Crippen molar-refractivity contribution in [3.63, 3.8) is 0 Å². The predicted molar refractivity (Wildman–Crippen MR) is 86.5 cm³/mol. The molecule has 0 fully saturated rings. The number of amides is 2. The quantitative estimate of drug-likeness (QED) is 0.893. The Bertz CT molecular complexity index is 726. The van der Waals surface area contributed by atoms with Crippen LogP contribution in [-0.4, -0.2) is 11.8 Å². The lowest BCUT2D eigenvalue weighted by Gasteiger charge is -2.12. The summed E-state index contributed by atoms with van der Waals surface area (Å²) in [5.41, 5.74) is 8.53. The molecule has 0 aromatic heterocycles. The number of anilines is 1. The number of primary amides is 1.